The molecule has 1 atom stereocenters. The molecule has 0 aromatic carbocycles. The summed E-state index contributed by atoms with van der Waals surface area (Å²) in [5, 5.41) is 7.15. The molecule has 1 aliphatic rings. The number of nitrogens with zero attached hydrogens (tertiary/aromatic N) is 5. The lowest BCUT2D eigenvalue weighted by atomic mass is 10.0. The third-order valence-electron chi connectivity index (χ3n) is 4.33. The SMILES string of the molecule is Cc1ncnc(N2CCCC(NC(=O)c3cnn(C)c3)C2)c1C. The third kappa shape index (κ3) is 3.33. The summed E-state index contributed by atoms with van der Waals surface area (Å²) in [7, 11) is 1.80. The fourth-order valence-electron chi connectivity index (χ4n) is 2.94. The minimum Gasteiger partial charge on any atom is -0.354 e. The van der Waals surface area contributed by atoms with Gasteiger partial charge in [0.1, 0.15) is 12.1 Å². The number of piperidine rings is 1. The van der Waals surface area contributed by atoms with Crippen LogP contribution in [0, 0.1) is 13.8 Å². The summed E-state index contributed by atoms with van der Waals surface area (Å²) < 4.78 is 1.63. The van der Waals surface area contributed by atoms with E-state index >= 15 is 0 Å². The molecule has 3 heterocycles. The van der Waals surface area contributed by atoms with Crippen LogP contribution in [-0.4, -0.2) is 44.8 Å². The molecule has 2 aromatic heterocycles. The van der Waals surface area contributed by atoms with E-state index in [1.54, 1.807) is 30.5 Å². The Labute approximate surface area is 135 Å². The number of hydrogen-bond donors (Lipinski definition) is 1. The average Bonchev–Trinajstić information content (AvgIpc) is 2.97. The van der Waals surface area contributed by atoms with Crippen molar-refractivity contribution in [3.63, 3.8) is 0 Å². The topological polar surface area (TPSA) is 75.9 Å². The zero-order valence-corrected chi connectivity index (χ0v) is 13.8. The molecule has 0 bridgehead atoms. The van der Waals surface area contributed by atoms with Gasteiger partial charge in [-0.25, -0.2) is 9.97 Å². The first-order chi connectivity index (χ1) is 11.0. The molecule has 2 aromatic rings. The number of hydrogen-bond acceptors (Lipinski definition) is 5. The van der Waals surface area contributed by atoms with Gasteiger partial charge in [-0.3, -0.25) is 9.48 Å². The molecule has 0 aliphatic carbocycles. The summed E-state index contributed by atoms with van der Waals surface area (Å²) in [6.45, 7) is 5.76. The number of aryl methyl sites for hydroxylation is 2. The molecule has 1 saturated heterocycles. The van der Waals surface area contributed by atoms with E-state index in [1.807, 2.05) is 13.8 Å². The molecular formula is C16H22N6O. The molecule has 7 heteroatoms. The molecule has 122 valence electrons. The predicted molar refractivity (Wildman–Crippen MR) is 87.4 cm³/mol. The highest BCUT2D eigenvalue weighted by Crippen LogP contribution is 2.22. The number of aromatic nitrogens is 4. The van der Waals surface area contributed by atoms with Crippen LogP contribution in [0.2, 0.25) is 0 Å². The van der Waals surface area contributed by atoms with Crippen molar-refractivity contribution in [1.82, 2.24) is 25.1 Å². The lowest BCUT2D eigenvalue weighted by molar-refractivity contribution is 0.0933. The molecule has 1 N–H and O–H groups in total. The third-order valence-corrected chi connectivity index (χ3v) is 4.33. The Bertz CT molecular complexity index is 710. The number of rotatable bonds is 3. The van der Waals surface area contributed by atoms with Crippen molar-refractivity contribution in [2.24, 2.45) is 7.05 Å². The first kappa shape index (κ1) is 15.5. The Morgan fingerprint density at radius 3 is 2.91 bits per heavy atom. The lowest BCUT2D eigenvalue weighted by Crippen LogP contribution is -2.48. The predicted octanol–water partition coefficient (Wildman–Crippen LogP) is 1.23. The van der Waals surface area contributed by atoms with Gasteiger partial charge in [-0.15, -0.1) is 0 Å². The van der Waals surface area contributed by atoms with Gasteiger partial charge in [0.15, 0.2) is 0 Å². The Morgan fingerprint density at radius 2 is 2.17 bits per heavy atom. The van der Waals surface area contributed by atoms with Crippen LogP contribution in [0.5, 0.6) is 0 Å². The van der Waals surface area contributed by atoms with Crippen molar-refractivity contribution in [3.8, 4) is 0 Å². The van der Waals surface area contributed by atoms with Gasteiger partial charge in [0, 0.05) is 43.6 Å². The van der Waals surface area contributed by atoms with Crippen LogP contribution in [0.1, 0.15) is 34.5 Å². The molecule has 23 heavy (non-hydrogen) atoms. The smallest absolute Gasteiger partial charge is 0.254 e. The van der Waals surface area contributed by atoms with Crippen LogP contribution in [0.25, 0.3) is 0 Å². The van der Waals surface area contributed by atoms with E-state index in [4.69, 9.17) is 0 Å². The maximum Gasteiger partial charge on any atom is 0.254 e. The molecule has 0 spiro atoms. The first-order valence-electron chi connectivity index (χ1n) is 7.87. The van der Waals surface area contributed by atoms with Gasteiger partial charge < -0.3 is 10.2 Å². The summed E-state index contributed by atoms with van der Waals surface area (Å²) in [6, 6.07) is 0.117. The summed E-state index contributed by atoms with van der Waals surface area (Å²) >= 11 is 0. The summed E-state index contributed by atoms with van der Waals surface area (Å²) in [5.41, 5.74) is 2.70. The second-order valence-electron chi connectivity index (χ2n) is 6.07. The van der Waals surface area contributed by atoms with Gasteiger partial charge in [0.2, 0.25) is 0 Å². The Kier molecular flexibility index (Phi) is 4.27. The van der Waals surface area contributed by atoms with E-state index in [-0.39, 0.29) is 11.9 Å². The maximum absolute atomic E-state index is 12.3. The Balaban J connectivity index is 1.69. The fraction of sp³-hybridized carbons (Fsp3) is 0.500. The highest BCUT2D eigenvalue weighted by Gasteiger charge is 2.24. The molecule has 1 aliphatic heterocycles. The highest BCUT2D eigenvalue weighted by atomic mass is 16.1. The van der Waals surface area contributed by atoms with E-state index in [0.29, 0.717) is 5.56 Å². The number of carbonyl (C=O) groups excluding carboxylic acids is 1. The van der Waals surface area contributed by atoms with Gasteiger partial charge in [-0.2, -0.15) is 5.10 Å². The first-order valence-corrected chi connectivity index (χ1v) is 7.87. The summed E-state index contributed by atoms with van der Waals surface area (Å²) in [5.74, 6) is 0.901. The molecular weight excluding hydrogens is 292 g/mol. The average molecular weight is 314 g/mol. The van der Waals surface area contributed by atoms with Gasteiger partial charge in [-0.1, -0.05) is 0 Å². The van der Waals surface area contributed by atoms with E-state index < -0.39 is 0 Å². The zero-order chi connectivity index (χ0) is 16.4. The van der Waals surface area contributed by atoms with E-state index in [9.17, 15) is 4.79 Å². The number of nitrogens with one attached hydrogen (secondary N) is 1. The molecule has 1 amide bonds. The summed E-state index contributed by atoms with van der Waals surface area (Å²) in [4.78, 5) is 23.2. The Morgan fingerprint density at radius 1 is 1.35 bits per heavy atom. The fourth-order valence-corrected chi connectivity index (χ4v) is 2.94. The van der Waals surface area contributed by atoms with Crippen LogP contribution in [0.15, 0.2) is 18.7 Å². The van der Waals surface area contributed by atoms with E-state index in [1.165, 1.54) is 0 Å². The second kappa shape index (κ2) is 6.36. The molecule has 0 radical (unpaired) electrons. The number of anilines is 1. The summed E-state index contributed by atoms with van der Waals surface area (Å²) in [6.07, 6.45) is 6.93. The monoisotopic (exact) mass is 314 g/mol. The quantitative estimate of drug-likeness (QED) is 0.922. The molecule has 1 fully saturated rings. The normalized spacial score (nSPS) is 18.0. The molecule has 1 unspecified atom stereocenters. The second-order valence-corrected chi connectivity index (χ2v) is 6.07. The van der Waals surface area contributed by atoms with Crippen molar-refractivity contribution in [2.45, 2.75) is 32.7 Å². The van der Waals surface area contributed by atoms with Crippen LogP contribution in [-0.2, 0) is 7.05 Å². The van der Waals surface area contributed by atoms with Crippen LogP contribution in [0.3, 0.4) is 0 Å². The van der Waals surface area contributed by atoms with Crippen molar-refractivity contribution in [1.29, 1.82) is 0 Å². The zero-order valence-electron chi connectivity index (χ0n) is 13.8. The Hall–Kier alpha value is -2.44. The minimum atomic E-state index is -0.0689. The van der Waals surface area contributed by atoms with Gasteiger partial charge in [0.05, 0.1) is 11.8 Å². The van der Waals surface area contributed by atoms with Crippen molar-refractivity contribution >= 4 is 11.7 Å². The van der Waals surface area contributed by atoms with E-state index in [2.05, 4.69) is 25.3 Å². The lowest BCUT2D eigenvalue weighted by Gasteiger charge is -2.34. The standard InChI is InChI=1S/C16H22N6O/c1-11-12(2)17-10-18-15(11)22-6-4-5-14(9-22)20-16(23)13-7-19-21(3)8-13/h7-8,10,14H,4-6,9H2,1-3H3,(H,20,23). The van der Waals surface area contributed by atoms with Crippen LogP contribution >= 0.6 is 0 Å². The highest BCUT2D eigenvalue weighted by molar-refractivity contribution is 5.93. The van der Waals surface area contributed by atoms with Crippen molar-refractivity contribution in [3.05, 3.63) is 35.5 Å². The minimum absolute atomic E-state index is 0.0689. The van der Waals surface area contributed by atoms with Gasteiger partial charge in [-0.05, 0) is 26.7 Å². The van der Waals surface area contributed by atoms with E-state index in [0.717, 1.165) is 43.0 Å². The largest absolute Gasteiger partial charge is 0.354 e. The molecule has 3 rings (SSSR count). The van der Waals surface area contributed by atoms with Gasteiger partial charge >= 0.3 is 0 Å². The van der Waals surface area contributed by atoms with Crippen molar-refractivity contribution < 1.29 is 4.79 Å². The molecule has 7 nitrogen and oxygen atoms in total. The maximum atomic E-state index is 12.3. The van der Waals surface area contributed by atoms with Crippen molar-refractivity contribution in [2.75, 3.05) is 18.0 Å². The van der Waals surface area contributed by atoms with Crippen LogP contribution in [0.4, 0.5) is 5.82 Å². The molecule has 0 saturated carbocycles. The van der Waals surface area contributed by atoms with Crippen LogP contribution < -0.4 is 10.2 Å². The number of carbonyl (C=O) groups is 1. The van der Waals surface area contributed by atoms with Gasteiger partial charge in [0.25, 0.3) is 5.91 Å². The number of amides is 1.